The molecule has 1 aliphatic heterocycles. The molecule has 0 spiro atoms. The van der Waals surface area contributed by atoms with E-state index in [1.54, 1.807) is 70.0 Å². The monoisotopic (exact) mass is 736 g/mol. The van der Waals surface area contributed by atoms with E-state index in [1.807, 2.05) is 41.1 Å². The molecule has 0 fully saturated rings. The van der Waals surface area contributed by atoms with Gasteiger partial charge in [-0.25, -0.2) is 14.4 Å². The van der Waals surface area contributed by atoms with E-state index >= 15 is 0 Å². The summed E-state index contributed by atoms with van der Waals surface area (Å²) in [6.45, 7) is 1.09. The molecular formula is C36H40N4O9S2. The number of benzene rings is 2. The number of alkyl carbamates (subject to hydrolysis) is 1. The van der Waals surface area contributed by atoms with E-state index < -0.39 is 36.3 Å². The van der Waals surface area contributed by atoms with E-state index in [2.05, 4.69) is 20.7 Å². The lowest BCUT2D eigenvalue weighted by atomic mass is 10.0. The lowest BCUT2D eigenvalue weighted by Gasteiger charge is -2.25. The highest BCUT2D eigenvalue weighted by molar-refractivity contribution is 7.10. The Morgan fingerprint density at radius 3 is 2.27 bits per heavy atom. The van der Waals surface area contributed by atoms with Crippen LogP contribution in [0.4, 0.5) is 14.4 Å². The average molecular weight is 737 g/mol. The van der Waals surface area contributed by atoms with Gasteiger partial charge in [0, 0.05) is 16.3 Å². The molecule has 2 aromatic heterocycles. The number of nitrogens with zero attached hydrogens (tertiary/aromatic N) is 1. The molecule has 3 N–H and O–H groups in total. The molecule has 0 radical (unpaired) electrons. The van der Waals surface area contributed by atoms with Crippen molar-refractivity contribution in [3.8, 4) is 17.2 Å². The SMILES string of the molecule is COC(=O)NCCCC[C@@H](COC(=O)N(Cc1cccs1)Cc1cccs1)NC(=O)N[C@@H](CC(=O)Oc1ccccc1)c1ccc2c(c1)OCO2. The Kier molecular flexibility index (Phi) is 13.9. The summed E-state index contributed by atoms with van der Waals surface area (Å²) in [4.78, 5) is 55.2. The third-order valence-corrected chi connectivity index (χ3v) is 9.46. The van der Waals surface area contributed by atoms with Crippen LogP contribution in [0.15, 0.2) is 83.6 Å². The highest BCUT2D eigenvalue weighted by Gasteiger charge is 2.25. The molecule has 0 unspecified atom stereocenters. The maximum atomic E-state index is 13.6. The number of carbonyl (C=O) groups excluding carboxylic acids is 4. The maximum Gasteiger partial charge on any atom is 0.410 e. The van der Waals surface area contributed by atoms with Crippen molar-refractivity contribution in [2.24, 2.45) is 0 Å². The van der Waals surface area contributed by atoms with E-state index in [0.29, 0.717) is 61.7 Å². The first-order chi connectivity index (χ1) is 24.9. The van der Waals surface area contributed by atoms with Gasteiger partial charge in [0.25, 0.3) is 0 Å². The summed E-state index contributed by atoms with van der Waals surface area (Å²) in [5.74, 6) is 0.886. The van der Waals surface area contributed by atoms with Gasteiger partial charge in [0.2, 0.25) is 6.79 Å². The molecule has 15 heteroatoms. The Bertz CT molecular complexity index is 1670. The molecule has 51 heavy (non-hydrogen) atoms. The number of rotatable bonds is 17. The quantitative estimate of drug-likeness (QED) is 0.0618. The molecule has 5 rings (SSSR count). The number of hydrogen-bond donors (Lipinski definition) is 3. The van der Waals surface area contributed by atoms with Gasteiger partial charge in [0.15, 0.2) is 11.5 Å². The van der Waals surface area contributed by atoms with Gasteiger partial charge in [-0.1, -0.05) is 36.4 Å². The van der Waals surface area contributed by atoms with Crippen molar-refractivity contribution in [1.82, 2.24) is 20.9 Å². The van der Waals surface area contributed by atoms with Gasteiger partial charge in [-0.2, -0.15) is 0 Å². The van der Waals surface area contributed by atoms with Crippen molar-refractivity contribution in [2.75, 3.05) is 27.1 Å². The first-order valence-electron chi connectivity index (χ1n) is 16.4. The second-order valence-electron chi connectivity index (χ2n) is 11.5. The average Bonchev–Trinajstić information content (AvgIpc) is 3.94. The smallest absolute Gasteiger partial charge is 0.410 e. The normalized spacial score (nSPS) is 12.6. The van der Waals surface area contributed by atoms with Gasteiger partial charge in [-0.3, -0.25) is 9.69 Å². The number of urea groups is 1. The number of ether oxygens (including phenoxy) is 5. The number of para-hydroxylation sites is 1. The lowest BCUT2D eigenvalue weighted by molar-refractivity contribution is -0.134. The molecule has 0 bridgehead atoms. The fraction of sp³-hybridized carbons (Fsp3) is 0.333. The second kappa shape index (κ2) is 19.2. The minimum atomic E-state index is -0.796. The summed E-state index contributed by atoms with van der Waals surface area (Å²) < 4.78 is 26.9. The van der Waals surface area contributed by atoms with Gasteiger partial charge < -0.3 is 39.6 Å². The van der Waals surface area contributed by atoms with Crippen molar-refractivity contribution < 1.29 is 42.9 Å². The van der Waals surface area contributed by atoms with Crippen molar-refractivity contribution >= 4 is 46.9 Å². The summed E-state index contributed by atoms with van der Waals surface area (Å²) in [5, 5.41) is 12.4. The van der Waals surface area contributed by atoms with Crippen LogP contribution in [0.2, 0.25) is 0 Å². The van der Waals surface area contributed by atoms with E-state index in [4.69, 9.17) is 18.9 Å². The van der Waals surface area contributed by atoms with Crippen LogP contribution in [-0.4, -0.2) is 62.2 Å². The maximum absolute atomic E-state index is 13.6. The van der Waals surface area contributed by atoms with Crippen molar-refractivity contribution in [3.63, 3.8) is 0 Å². The van der Waals surface area contributed by atoms with Gasteiger partial charge in [-0.05, 0) is 72.0 Å². The highest BCUT2D eigenvalue weighted by atomic mass is 32.1. The number of carbonyl (C=O) groups is 4. The van der Waals surface area contributed by atoms with Crippen LogP contribution >= 0.6 is 22.7 Å². The van der Waals surface area contributed by atoms with E-state index in [9.17, 15) is 19.2 Å². The van der Waals surface area contributed by atoms with Crippen LogP contribution in [0, 0.1) is 0 Å². The van der Waals surface area contributed by atoms with E-state index in [0.717, 1.165) is 9.75 Å². The van der Waals surface area contributed by atoms with Crippen molar-refractivity contribution in [2.45, 2.75) is 50.9 Å². The molecule has 270 valence electrons. The number of hydrogen-bond acceptors (Lipinski definition) is 11. The second-order valence-corrected chi connectivity index (χ2v) is 13.5. The topological polar surface area (TPSA) is 154 Å². The zero-order valence-corrected chi connectivity index (χ0v) is 29.7. The molecule has 0 saturated heterocycles. The van der Waals surface area contributed by atoms with Gasteiger partial charge in [0.05, 0.1) is 38.7 Å². The summed E-state index contributed by atoms with van der Waals surface area (Å²) in [7, 11) is 1.29. The number of nitrogens with one attached hydrogen (secondary N) is 3. The largest absolute Gasteiger partial charge is 0.454 e. The Labute approximate surface area is 303 Å². The van der Waals surface area contributed by atoms with Crippen molar-refractivity contribution in [1.29, 1.82) is 0 Å². The zero-order chi connectivity index (χ0) is 35.8. The summed E-state index contributed by atoms with van der Waals surface area (Å²) >= 11 is 3.10. The van der Waals surface area contributed by atoms with E-state index in [-0.39, 0.29) is 19.8 Å². The number of unbranched alkanes of at least 4 members (excludes halogenated alkanes) is 1. The molecule has 4 amide bonds. The Morgan fingerprint density at radius 2 is 1.59 bits per heavy atom. The predicted molar refractivity (Wildman–Crippen MR) is 191 cm³/mol. The Balaban J connectivity index is 1.25. The van der Waals surface area contributed by atoms with Crippen LogP contribution in [-0.2, 0) is 27.4 Å². The van der Waals surface area contributed by atoms with Crippen LogP contribution < -0.4 is 30.2 Å². The minimum Gasteiger partial charge on any atom is -0.454 e. The number of amides is 4. The molecule has 2 aromatic carbocycles. The Hall–Kier alpha value is -5.28. The lowest BCUT2D eigenvalue weighted by Crippen LogP contribution is -2.46. The molecule has 2 atom stereocenters. The van der Waals surface area contributed by atoms with Crippen LogP contribution in [0.5, 0.6) is 17.2 Å². The molecular weight excluding hydrogens is 697 g/mol. The predicted octanol–water partition coefficient (Wildman–Crippen LogP) is 6.61. The minimum absolute atomic E-state index is 0.0705. The van der Waals surface area contributed by atoms with Gasteiger partial charge in [-0.15, -0.1) is 22.7 Å². The molecule has 3 heterocycles. The molecule has 0 aliphatic carbocycles. The number of fused-ring (bicyclic) bond motifs is 1. The molecule has 13 nitrogen and oxygen atoms in total. The first kappa shape index (κ1) is 37.0. The number of esters is 1. The third kappa shape index (κ3) is 11.9. The molecule has 1 aliphatic rings. The summed E-state index contributed by atoms with van der Waals surface area (Å²) in [6.07, 6.45) is 0.394. The van der Waals surface area contributed by atoms with Crippen LogP contribution in [0.25, 0.3) is 0 Å². The summed E-state index contributed by atoms with van der Waals surface area (Å²) in [5.41, 5.74) is 0.606. The number of methoxy groups -OCH3 is 1. The van der Waals surface area contributed by atoms with Crippen molar-refractivity contribution in [3.05, 3.63) is 98.9 Å². The van der Waals surface area contributed by atoms with Gasteiger partial charge >= 0.3 is 24.2 Å². The zero-order valence-electron chi connectivity index (χ0n) is 28.0. The fourth-order valence-corrected chi connectivity index (χ4v) is 6.64. The third-order valence-electron chi connectivity index (χ3n) is 7.74. The fourth-order valence-electron chi connectivity index (χ4n) is 5.20. The van der Waals surface area contributed by atoms with Crippen LogP contribution in [0.1, 0.15) is 47.0 Å². The van der Waals surface area contributed by atoms with Crippen LogP contribution in [0.3, 0.4) is 0 Å². The molecule has 0 saturated carbocycles. The van der Waals surface area contributed by atoms with E-state index in [1.165, 1.54) is 7.11 Å². The highest BCUT2D eigenvalue weighted by Crippen LogP contribution is 2.35. The van der Waals surface area contributed by atoms with Gasteiger partial charge in [0.1, 0.15) is 12.4 Å². The standard InChI is InChI=1S/C36H40N4O9S2/c1-45-35(43)37-16-6-5-9-26(23-46-36(44)40(21-28-12-7-17-50-28)22-29-13-8-18-51-29)38-34(42)39-30(20-33(41)49-27-10-3-2-4-11-27)25-14-15-31-32(19-25)48-24-47-31/h2-4,7-8,10-15,17-19,26,30H,5-6,9,16,20-24H2,1H3,(H,37,43)(H2,38,39,42)/t26-,30-/m0/s1. The molecule has 4 aromatic rings. The number of thiophene rings is 2. The summed E-state index contributed by atoms with van der Waals surface area (Å²) in [6, 6.07) is 19.7. The Morgan fingerprint density at radius 1 is 0.863 bits per heavy atom. The first-order valence-corrected chi connectivity index (χ1v) is 18.1.